The minimum absolute atomic E-state index is 0.0191. The number of H-pyrrole nitrogens is 1. The molecule has 0 atom stereocenters. The van der Waals surface area contributed by atoms with Gasteiger partial charge in [0, 0.05) is 18.0 Å². The molecule has 1 amide bonds. The number of rotatable bonds is 9. The molecule has 1 aliphatic carbocycles. The van der Waals surface area contributed by atoms with Crippen LogP contribution in [0.5, 0.6) is 0 Å². The van der Waals surface area contributed by atoms with E-state index in [-0.39, 0.29) is 18.1 Å². The van der Waals surface area contributed by atoms with Crippen molar-refractivity contribution < 1.29 is 9.90 Å². The molecule has 0 bridgehead atoms. The number of fused-ring (bicyclic) bond motifs is 3. The summed E-state index contributed by atoms with van der Waals surface area (Å²) >= 11 is 3.10. The molecule has 1 aliphatic rings. The number of carbonyl (C=O) groups excluding carboxylic acids is 1. The van der Waals surface area contributed by atoms with E-state index in [2.05, 4.69) is 16.9 Å². The van der Waals surface area contributed by atoms with Gasteiger partial charge >= 0.3 is 0 Å². The number of nitrogens with zero attached hydrogens (tertiary/aromatic N) is 2. The van der Waals surface area contributed by atoms with Crippen molar-refractivity contribution in [2.75, 3.05) is 25.4 Å². The smallest absolute Gasteiger partial charge is 0.259 e. The third-order valence-corrected chi connectivity index (χ3v) is 6.96. The lowest BCUT2D eigenvalue weighted by Crippen LogP contribution is -2.35. The van der Waals surface area contributed by atoms with Crippen LogP contribution in [0.1, 0.15) is 48.9 Å². The van der Waals surface area contributed by atoms with Gasteiger partial charge < -0.3 is 15.0 Å². The maximum Gasteiger partial charge on any atom is 0.259 e. The second-order valence-electron chi connectivity index (χ2n) is 6.85. The second-order valence-corrected chi connectivity index (χ2v) is 8.92. The van der Waals surface area contributed by atoms with Crippen molar-refractivity contribution >= 4 is 39.2 Å². The van der Waals surface area contributed by atoms with E-state index in [1.165, 1.54) is 28.6 Å². The molecule has 0 radical (unpaired) electrons. The number of hydrogen-bond acceptors (Lipinski definition) is 6. The Morgan fingerprint density at radius 3 is 2.93 bits per heavy atom. The molecule has 148 valence electrons. The molecule has 0 fully saturated rings. The zero-order chi connectivity index (χ0) is 19.2. The van der Waals surface area contributed by atoms with Crippen LogP contribution in [0.2, 0.25) is 0 Å². The molecule has 0 unspecified atom stereocenters. The van der Waals surface area contributed by atoms with E-state index >= 15 is 0 Å². The Bertz CT molecular complexity index is 847. The van der Waals surface area contributed by atoms with Crippen LogP contribution in [0.4, 0.5) is 0 Å². The molecule has 8 heteroatoms. The highest BCUT2D eigenvalue weighted by Crippen LogP contribution is 2.33. The number of thioether (sulfide) groups is 1. The van der Waals surface area contributed by atoms with Gasteiger partial charge in [0.2, 0.25) is 5.91 Å². The minimum atomic E-state index is -0.0498. The number of aliphatic hydroxyl groups excluding tert-OH is 1. The number of aromatic nitrogens is 2. The van der Waals surface area contributed by atoms with Gasteiger partial charge in [-0.15, -0.1) is 23.1 Å². The number of hydrogen-bond donors (Lipinski definition) is 2. The molecule has 0 aromatic carbocycles. The number of carbonyl (C=O) groups is 1. The lowest BCUT2D eigenvalue weighted by Gasteiger charge is -2.21. The van der Waals surface area contributed by atoms with Gasteiger partial charge in [0.05, 0.1) is 23.5 Å². The van der Waals surface area contributed by atoms with Crippen molar-refractivity contribution in [1.82, 2.24) is 14.9 Å². The average Bonchev–Trinajstić information content (AvgIpc) is 3.03. The minimum Gasteiger partial charge on any atom is -0.395 e. The highest BCUT2D eigenvalue weighted by Gasteiger charge is 2.20. The lowest BCUT2D eigenvalue weighted by molar-refractivity contribution is -0.128. The predicted octanol–water partition coefficient (Wildman–Crippen LogP) is 2.72. The van der Waals surface area contributed by atoms with Crippen LogP contribution in [0, 0.1) is 0 Å². The molecule has 3 rings (SSSR count). The van der Waals surface area contributed by atoms with Crippen LogP contribution in [0.15, 0.2) is 4.79 Å². The summed E-state index contributed by atoms with van der Waals surface area (Å²) in [5.74, 6) is 1.48. The summed E-state index contributed by atoms with van der Waals surface area (Å²) in [6, 6.07) is 0. The zero-order valence-electron chi connectivity index (χ0n) is 15.8. The van der Waals surface area contributed by atoms with Crippen molar-refractivity contribution in [1.29, 1.82) is 0 Å². The van der Waals surface area contributed by atoms with Gasteiger partial charge in [-0.25, -0.2) is 4.98 Å². The first-order chi connectivity index (χ1) is 13.1. The SMILES string of the molecule is CCCCN(CCO)C(=O)CSCc1nc2sc3c(c2c(=O)[nH]1)CCCC3. The topological polar surface area (TPSA) is 86.3 Å². The number of aliphatic hydroxyl groups is 1. The van der Waals surface area contributed by atoms with Crippen molar-refractivity contribution in [2.24, 2.45) is 0 Å². The largest absolute Gasteiger partial charge is 0.395 e. The number of aryl methyl sites for hydroxylation is 2. The Kier molecular flexibility index (Phi) is 7.32. The van der Waals surface area contributed by atoms with Crippen molar-refractivity contribution in [3.05, 3.63) is 26.6 Å². The van der Waals surface area contributed by atoms with E-state index in [0.717, 1.165) is 42.3 Å². The standard InChI is InChI=1S/C19H27N3O3S2/c1-2-3-8-22(9-10-23)16(24)12-26-11-15-20-18(25)17-13-6-4-5-7-14(13)27-19(17)21-15/h23H,2-12H2,1H3,(H,20,21,25). The molecule has 0 saturated heterocycles. The zero-order valence-corrected chi connectivity index (χ0v) is 17.4. The fourth-order valence-electron chi connectivity index (χ4n) is 3.43. The Labute approximate surface area is 167 Å². The van der Waals surface area contributed by atoms with Crippen LogP contribution in [-0.2, 0) is 23.4 Å². The number of aromatic amines is 1. The first-order valence-electron chi connectivity index (χ1n) is 9.63. The maximum atomic E-state index is 12.5. The van der Waals surface area contributed by atoms with Gasteiger partial charge in [-0.05, 0) is 37.7 Å². The van der Waals surface area contributed by atoms with Gasteiger partial charge in [0.25, 0.3) is 5.56 Å². The molecular formula is C19H27N3O3S2. The summed E-state index contributed by atoms with van der Waals surface area (Å²) < 4.78 is 0. The quantitative estimate of drug-likeness (QED) is 0.665. The summed E-state index contributed by atoms with van der Waals surface area (Å²) in [7, 11) is 0. The Morgan fingerprint density at radius 1 is 1.33 bits per heavy atom. The first kappa shape index (κ1) is 20.4. The lowest BCUT2D eigenvalue weighted by atomic mass is 9.97. The fraction of sp³-hybridized carbons (Fsp3) is 0.632. The van der Waals surface area contributed by atoms with Gasteiger partial charge in [-0.2, -0.15) is 0 Å². The Morgan fingerprint density at radius 2 is 2.15 bits per heavy atom. The number of unbranched alkanes of at least 4 members (excludes halogenated alkanes) is 1. The van der Waals surface area contributed by atoms with Gasteiger partial charge in [0.1, 0.15) is 10.7 Å². The van der Waals surface area contributed by atoms with E-state index in [9.17, 15) is 9.59 Å². The van der Waals surface area contributed by atoms with E-state index < -0.39 is 0 Å². The molecule has 2 aromatic rings. The molecule has 2 aromatic heterocycles. The molecular weight excluding hydrogens is 382 g/mol. The molecule has 6 nitrogen and oxygen atoms in total. The normalized spacial score (nSPS) is 13.7. The molecule has 0 aliphatic heterocycles. The van der Waals surface area contributed by atoms with Crippen LogP contribution in [-0.4, -0.2) is 51.3 Å². The van der Waals surface area contributed by atoms with Gasteiger partial charge in [-0.1, -0.05) is 13.3 Å². The van der Waals surface area contributed by atoms with Crippen LogP contribution in [0.25, 0.3) is 10.2 Å². The van der Waals surface area contributed by atoms with Crippen molar-refractivity contribution in [2.45, 2.75) is 51.2 Å². The molecule has 27 heavy (non-hydrogen) atoms. The highest BCUT2D eigenvalue weighted by molar-refractivity contribution is 7.99. The summed E-state index contributed by atoms with van der Waals surface area (Å²) in [6.45, 7) is 3.12. The van der Waals surface area contributed by atoms with E-state index in [4.69, 9.17) is 5.11 Å². The summed E-state index contributed by atoms with van der Waals surface area (Å²) in [4.78, 5) is 36.3. The number of nitrogens with one attached hydrogen (secondary N) is 1. The Hall–Kier alpha value is -1.38. The molecule has 0 spiro atoms. The predicted molar refractivity (Wildman–Crippen MR) is 112 cm³/mol. The molecule has 2 heterocycles. The van der Waals surface area contributed by atoms with Gasteiger partial charge in [-0.3, -0.25) is 9.59 Å². The monoisotopic (exact) mass is 409 g/mol. The van der Waals surface area contributed by atoms with Crippen molar-refractivity contribution in [3.63, 3.8) is 0 Å². The summed E-state index contributed by atoms with van der Waals surface area (Å²) in [6.07, 6.45) is 6.29. The van der Waals surface area contributed by atoms with Crippen LogP contribution >= 0.6 is 23.1 Å². The van der Waals surface area contributed by atoms with E-state index in [1.54, 1.807) is 16.2 Å². The summed E-state index contributed by atoms with van der Waals surface area (Å²) in [5, 5.41) is 9.91. The average molecular weight is 410 g/mol. The van der Waals surface area contributed by atoms with E-state index in [1.807, 2.05) is 0 Å². The third kappa shape index (κ3) is 4.92. The second kappa shape index (κ2) is 9.71. The first-order valence-corrected chi connectivity index (χ1v) is 11.6. The van der Waals surface area contributed by atoms with Crippen molar-refractivity contribution in [3.8, 4) is 0 Å². The van der Waals surface area contributed by atoms with Gasteiger partial charge in [0.15, 0.2) is 0 Å². The Balaban J connectivity index is 1.63. The number of thiophene rings is 1. The highest BCUT2D eigenvalue weighted by atomic mass is 32.2. The molecule has 2 N–H and O–H groups in total. The third-order valence-electron chi connectivity index (χ3n) is 4.84. The number of amides is 1. The summed E-state index contributed by atoms with van der Waals surface area (Å²) in [5.41, 5.74) is 1.14. The van der Waals surface area contributed by atoms with E-state index in [0.29, 0.717) is 30.4 Å². The maximum absolute atomic E-state index is 12.5. The fourth-order valence-corrected chi connectivity index (χ4v) is 5.50. The molecule has 0 saturated carbocycles. The van der Waals surface area contributed by atoms with Crippen LogP contribution in [0.3, 0.4) is 0 Å². The van der Waals surface area contributed by atoms with Crippen LogP contribution < -0.4 is 5.56 Å².